The lowest BCUT2D eigenvalue weighted by atomic mass is 10.4. The minimum atomic E-state index is 0.383. The highest BCUT2D eigenvalue weighted by molar-refractivity contribution is 4.68. The Hall–Kier alpha value is -1.69. The Bertz CT molecular complexity index is 313. The van der Waals surface area contributed by atoms with Gasteiger partial charge < -0.3 is 19.1 Å². The Morgan fingerprint density at radius 1 is 0.773 bits per heavy atom. The molecule has 122 valence electrons. The summed E-state index contributed by atoms with van der Waals surface area (Å²) in [7, 11) is 0. The number of nitriles is 2. The Kier molecular flexibility index (Phi) is 16.0. The molecule has 0 aliphatic carbocycles. The van der Waals surface area contributed by atoms with Crippen molar-refractivity contribution in [3.63, 3.8) is 0 Å². The van der Waals surface area contributed by atoms with Crippen molar-refractivity contribution in [2.45, 2.75) is 12.8 Å². The molecule has 0 amide bonds. The van der Waals surface area contributed by atoms with Gasteiger partial charge in [0.15, 0.2) is 0 Å². The molecule has 0 aromatic carbocycles. The fourth-order valence-corrected chi connectivity index (χ4v) is 1.57. The predicted molar refractivity (Wildman–Crippen MR) is 80.8 cm³/mol. The molecule has 0 aliphatic rings. The maximum Gasteiger partial charge on any atom is 0.237 e. The van der Waals surface area contributed by atoms with Gasteiger partial charge in [0.25, 0.3) is 0 Å². The van der Waals surface area contributed by atoms with E-state index in [0.29, 0.717) is 59.0 Å². The SMILES string of the molecule is [C-]#[N+]CCOCCN(CCOCCC#N)CCOCCC#N. The second-order valence-corrected chi connectivity index (χ2v) is 4.38. The van der Waals surface area contributed by atoms with Crippen LogP contribution in [0.2, 0.25) is 0 Å². The van der Waals surface area contributed by atoms with Crippen LogP contribution in [0.4, 0.5) is 0 Å². The van der Waals surface area contributed by atoms with E-state index in [1.165, 1.54) is 0 Å². The van der Waals surface area contributed by atoms with E-state index in [1.807, 2.05) is 12.1 Å². The van der Waals surface area contributed by atoms with Crippen molar-refractivity contribution in [1.82, 2.24) is 4.90 Å². The maximum absolute atomic E-state index is 8.43. The Labute approximate surface area is 132 Å². The van der Waals surface area contributed by atoms with Crippen LogP contribution in [0, 0.1) is 29.2 Å². The van der Waals surface area contributed by atoms with Gasteiger partial charge in [-0.05, 0) is 0 Å². The van der Waals surface area contributed by atoms with Gasteiger partial charge in [-0.25, -0.2) is 6.57 Å². The van der Waals surface area contributed by atoms with Crippen LogP contribution in [0.3, 0.4) is 0 Å². The molecule has 22 heavy (non-hydrogen) atoms. The van der Waals surface area contributed by atoms with Gasteiger partial charge in [-0.2, -0.15) is 10.5 Å². The maximum atomic E-state index is 8.43. The molecule has 0 rings (SSSR count). The van der Waals surface area contributed by atoms with Crippen molar-refractivity contribution in [3.05, 3.63) is 11.4 Å². The van der Waals surface area contributed by atoms with Gasteiger partial charge in [-0.1, -0.05) is 0 Å². The fourth-order valence-electron chi connectivity index (χ4n) is 1.57. The zero-order chi connectivity index (χ0) is 16.3. The van der Waals surface area contributed by atoms with Crippen LogP contribution >= 0.6 is 0 Å². The lowest BCUT2D eigenvalue weighted by molar-refractivity contribution is 0.0571. The number of ether oxygens (including phenoxy) is 3. The Morgan fingerprint density at radius 2 is 1.23 bits per heavy atom. The van der Waals surface area contributed by atoms with Crippen molar-refractivity contribution in [1.29, 1.82) is 10.5 Å². The molecule has 0 radical (unpaired) electrons. The molecule has 0 heterocycles. The second kappa shape index (κ2) is 17.4. The summed E-state index contributed by atoms with van der Waals surface area (Å²) in [6, 6.07) is 4.07. The van der Waals surface area contributed by atoms with E-state index in [2.05, 4.69) is 9.74 Å². The number of hydrogen-bond donors (Lipinski definition) is 0. The van der Waals surface area contributed by atoms with E-state index in [1.54, 1.807) is 0 Å². The van der Waals surface area contributed by atoms with Crippen molar-refractivity contribution in [2.75, 3.05) is 65.8 Å². The van der Waals surface area contributed by atoms with Crippen LogP contribution in [0.15, 0.2) is 0 Å². The second-order valence-electron chi connectivity index (χ2n) is 4.38. The van der Waals surface area contributed by atoms with Gasteiger partial charge in [0.2, 0.25) is 6.54 Å². The van der Waals surface area contributed by atoms with Crippen LogP contribution in [0.5, 0.6) is 0 Å². The molecular weight excluding hydrogens is 284 g/mol. The normalized spacial score (nSPS) is 10.1. The third-order valence-corrected chi connectivity index (χ3v) is 2.72. The highest BCUT2D eigenvalue weighted by Crippen LogP contribution is 1.93. The molecule has 0 N–H and O–H groups in total. The van der Waals surface area contributed by atoms with Gasteiger partial charge in [-0.15, -0.1) is 0 Å². The first-order valence-corrected chi connectivity index (χ1v) is 7.37. The Balaban J connectivity index is 3.80. The Morgan fingerprint density at radius 3 is 1.64 bits per heavy atom. The highest BCUT2D eigenvalue weighted by Gasteiger charge is 2.05. The molecule has 0 aromatic heterocycles. The minimum absolute atomic E-state index is 0.383. The van der Waals surface area contributed by atoms with Gasteiger partial charge in [0.05, 0.1) is 58.0 Å². The summed E-state index contributed by atoms with van der Waals surface area (Å²) in [6.07, 6.45) is 0.800. The zero-order valence-corrected chi connectivity index (χ0v) is 13.0. The molecule has 7 heteroatoms. The van der Waals surface area contributed by atoms with Gasteiger partial charge in [-0.3, -0.25) is 4.90 Å². The molecule has 0 aliphatic heterocycles. The number of nitrogens with zero attached hydrogens (tertiary/aromatic N) is 4. The lowest BCUT2D eigenvalue weighted by Crippen LogP contribution is -2.34. The summed E-state index contributed by atoms with van der Waals surface area (Å²) < 4.78 is 16.1. The smallest absolute Gasteiger partial charge is 0.237 e. The molecule has 0 saturated carbocycles. The minimum Gasteiger partial charge on any atom is -0.379 e. The van der Waals surface area contributed by atoms with Crippen LogP contribution in [-0.4, -0.2) is 70.7 Å². The van der Waals surface area contributed by atoms with E-state index in [9.17, 15) is 0 Å². The molecule has 0 bridgehead atoms. The number of rotatable bonds is 15. The quantitative estimate of drug-likeness (QED) is 0.332. The highest BCUT2D eigenvalue weighted by atomic mass is 16.5. The summed E-state index contributed by atoms with van der Waals surface area (Å²) in [5, 5.41) is 16.9. The fraction of sp³-hybridized carbons (Fsp3) is 0.800. The zero-order valence-electron chi connectivity index (χ0n) is 13.0. The first-order chi connectivity index (χ1) is 10.8. The van der Waals surface area contributed by atoms with Gasteiger partial charge in [0.1, 0.15) is 6.61 Å². The van der Waals surface area contributed by atoms with E-state index < -0.39 is 0 Å². The van der Waals surface area contributed by atoms with Crippen molar-refractivity contribution in [3.8, 4) is 12.1 Å². The first-order valence-electron chi connectivity index (χ1n) is 7.37. The molecule has 0 fully saturated rings. The predicted octanol–water partition coefficient (Wildman–Crippen LogP) is 1.08. The van der Waals surface area contributed by atoms with Crippen LogP contribution in [-0.2, 0) is 14.2 Å². The van der Waals surface area contributed by atoms with Crippen LogP contribution in [0.1, 0.15) is 12.8 Å². The molecule has 0 aromatic rings. The van der Waals surface area contributed by atoms with Gasteiger partial charge >= 0.3 is 0 Å². The summed E-state index contributed by atoms with van der Waals surface area (Å²) in [5.74, 6) is 0. The van der Waals surface area contributed by atoms with E-state index >= 15 is 0 Å². The molecular formula is C15H24N4O3. The van der Waals surface area contributed by atoms with Crippen molar-refractivity contribution >= 4 is 0 Å². The van der Waals surface area contributed by atoms with Crippen molar-refractivity contribution < 1.29 is 14.2 Å². The standard InChI is InChI=1S/C15H24N4O3/c1-18-6-12-22-15-9-19(7-13-20-10-2-4-16)8-14-21-11-3-5-17/h2-3,6-15H2. The van der Waals surface area contributed by atoms with E-state index in [-0.39, 0.29) is 0 Å². The third kappa shape index (κ3) is 14.7. The molecule has 0 atom stereocenters. The van der Waals surface area contributed by atoms with Crippen LogP contribution < -0.4 is 0 Å². The first kappa shape index (κ1) is 20.3. The van der Waals surface area contributed by atoms with Crippen LogP contribution in [0.25, 0.3) is 4.85 Å². The number of hydrogen-bond acceptors (Lipinski definition) is 6. The monoisotopic (exact) mass is 308 g/mol. The van der Waals surface area contributed by atoms with Gasteiger partial charge in [0, 0.05) is 19.6 Å². The van der Waals surface area contributed by atoms with Crippen molar-refractivity contribution in [2.24, 2.45) is 0 Å². The molecule has 7 nitrogen and oxygen atoms in total. The third-order valence-electron chi connectivity index (χ3n) is 2.72. The summed E-state index contributed by atoms with van der Waals surface area (Å²) >= 11 is 0. The average molecular weight is 308 g/mol. The summed E-state index contributed by atoms with van der Waals surface area (Å²) in [5.41, 5.74) is 0. The average Bonchev–Trinajstić information content (AvgIpc) is 2.53. The van der Waals surface area contributed by atoms with E-state index in [0.717, 1.165) is 19.6 Å². The largest absolute Gasteiger partial charge is 0.379 e. The molecule has 0 saturated heterocycles. The topological polar surface area (TPSA) is 82.9 Å². The lowest BCUT2D eigenvalue weighted by Gasteiger charge is -2.21. The van der Waals surface area contributed by atoms with E-state index in [4.69, 9.17) is 31.3 Å². The molecule has 0 unspecified atom stereocenters. The summed E-state index contributed by atoms with van der Waals surface area (Å²) in [6.45, 7) is 12.3. The summed E-state index contributed by atoms with van der Waals surface area (Å²) in [4.78, 5) is 5.38. The molecule has 0 spiro atoms.